The molecule has 34 heavy (non-hydrogen) atoms. The maximum Gasteiger partial charge on any atom is 0.228 e. The zero-order chi connectivity index (χ0) is 23.9. The van der Waals surface area contributed by atoms with Crippen LogP contribution in [-0.4, -0.2) is 65.7 Å². The number of anilines is 2. The van der Waals surface area contributed by atoms with Gasteiger partial charge in [0.1, 0.15) is 0 Å². The maximum atomic E-state index is 12.9. The lowest BCUT2D eigenvalue weighted by Gasteiger charge is -2.31. The standard InChI is InChI=1S/C25H36N6O2S/c1-19(2)29(17-20-9-4-3-5-10-20)15-8-13-26-23(33)21-11-6-14-30(18-21)24-27-28-25(34-24)31-16-7-12-22(31)32/h3-5,9-10,19,21H,6-8,11-18H2,1-2H3,(H,26,33)/t21-/m1/s1. The van der Waals surface area contributed by atoms with Crippen molar-refractivity contribution in [2.24, 2.45) is 5.92 Å². The molecule has 0 bridgehead atoms. The van der Waals surface area contributed by atoms with Gasteiger partial charge in [0.25, 0.3) is 0 Å². The minimum Gasteiger partial charge on any atom is -0.356 e. The van der Waals surface area contributed by atoms with Gasteiger partial charge in [-0.25, -0.2) is 0 Å². The molecule has 4 rings (SSSR count). The summed E-state index contributed by atoms with van der Waals surface area (Å²) < 4.78 is 0. The van der Waals surface area contributed by atoms with Crippen molar-refractivity contribution < 1.29 is 9.59 Å². The number of rotatable bonds is 10. The van der Waals surface area contributed by atoms with Gasteiger partial charge in [-0.2, -0.15) is 0 Å². The van der Waals surface area contributed by atoms with Crippen LogP contribution in [0.5, 0.6) is 0 Å². The van der Waals surface area contributed by atoms with Crippen molar-refractivity contribution in [1.29, 1.82) is 0 Å². The van der Waals surface area contributed by atoms with E-state index in [2.05, 4.69) is 63.4 Å². The zero-order valence-electron chi connectivity index (χ0n) is 20.3. The van der Waals surface area contributed by atoms with Crippen molar-refractivity contribution in [3.63, 3.8) is 0 Å². The van der Waals surface area contributed by atoms with E-state index >= 15 is 0 Å². The van der Waals surface area contributed by atoms with Gasteiger partial charge >= 0.3 is 0 Å². The third-order valence-electron chi connectivity index (χ3n) is 6.65. The normalized spacial score (nSPS) is 18.8. The largest absolute Gasteiger partial charge is 0.356 e. The molecule has 184 valence electrons. The first-order valence-corrected chi connectivity index (χ1v) is 13.3. The first kappa shape index (κ1) is 24.6. The number of hydrogen-bond acceptors (Lipinski definition) is 7. The van der Waals surface area contributed by atoms with Gasteiger partial charge in [-0.3, -0.25) is 19.4 Å². The molecule has 2 aliphatic rings. The molecule has 2 aliphatic heterocycles. The van der Waals surface area contributed by atoms with Crippen molar-refractivity contribution in [3.8, 4) is 0 Å². The molecule has 0 saturated carbocycles. The molecule has 0 unspecified atom stereocenters. The van der Waals surface area contributed by atoms with E-state index in [-0.39, 0.29) is 17.7 Å². The Balaban J connectivity index is 1.22. The quantitative estimate of drug-likeness (QED) is 0.521. The summed E-state index contributed by atoms with van der Waals surface area (Å²) >= 11 is 1.45. The first-order valence-electron chi connectivity index (χ1n) is 12.5. The van der Waals surface area contributed by atoms with Crippen LogP contribution < -0.4 is 15.1 Å². The molecule has 2 amide bonds. The lowest BCUT2D eigenvalue weighted by atomic mass is 9.97. The lowest BCUT2D eigenvalue weighted by molar-refractivity contribution is -0.125. The SMILES string of the molecule is CC(C)N(CCCNC(=O)[C@@H]1CCCN(c2nnc(N3CCCC3=O)s2)C1)Cc1ccccc1. The summed E-state index contributed by atoms with van der Waals surface area (Å²) in [5.41, 5.74) is 1.32. The average Bonchev–Trinajstić information content (AvgIpc) is 3.50. The molecule has 8 nitrogen and oxygen atoms in total. The topological polar surface area (TPSA) is 81.7 Å². The number of amides is 2. The Bertz CT molecular complexity index is 950. The Morgan fingerprint density at radius 3 is 2.71 bits per heavy atom. The number of nitrogens with zero attached hydrogens (tertiary/aromatic N) is 5. The molecule has 0 aliphatic carbocycles. The number of aromatic nitrogens is 2. The molecule has 0 spiro atoms. The molecule has 2 fully saturated rings. The van der Waals surface area contributed by atoms with Gasteiger partial charge in [-0.15, -0.1) is 10.2 Å². The fourth-order valence-corrected chi connectivity index (χ4v) is 5.56. The second-order valence-electron chi connectivity index (χ2n) is 9.50. The third-order valence-corrected chi connectivity index (χ3v) is 7.66. The molecule has 9 heteroatoms. The van der Waals surface area contributed by atoms with Crippen LogP contribution in [0.2, 0.25) is 0 Å². The fourth-order valence-electron chi connectivity index (χ4n) is 4.64. The van der Waals surface area contributed by atoms with E-state index in [1.807, 2.05) is 6.07 Å². The summed E-state index contributed by atoms with van der Waals surface area (Å²) in [6.07, 6.45) is 4.23. The molecule has 1 aromatic carbocycles. The van der Waals surface area contributed by atoms with E-state index in [1.165, 1.54) is 16.9 Å². The number of carbonyl (C=O) groups excluding carboxylic acids is 2. The van der Waals surface area contributed by atoms with Crippen LogP contribution in [0.1, 0.15) is 51.5 Å². The highest BCUT2D eigenvalue weighted by Crippen LogP contribution is 2.32. The predicted octanol–water partition coefficient (Wildman–Crippen LogP) is 3.30. The highest BCUT2D eigenvalue weighted by molar-refractivity contribution is 7.19. The van der Waals surface area contributed by atoms with Crippen LogP contribution in [0.4, 0.5) is 10.3 Å². The number of piperidine rings is 1. The molecule has 2 saturated heterocycles. The molecule has 1 N–H and O–H groups in total. The monoisotopic (exact) mass is 484 g/mol. The zero-order valence-corrected chi connectivity index (χ0v) is 21.1. The Hall–Kier alpha value is -2.52. The van der Waals surface area contributed by atoms with Crippen molar-refractivity contribution in [2.75, 3.05) is 42.5 Å². The number of nitrogens with one attached hydrogen (secondary N) is 1. The Morgan fingerprint density at radius 1 is 1.18 bits per heavy atom. The fraction of sp³-hybridized carbons (Fsp3) is 0.600. The van der Waals surface area contributed by atoms with Crippen LogP contribution in [-0.2, 0) is 16.1 Å². The molecular formula is C25H36N6O2S. The van der Waals surface area contributed by atoms with Crippen LogP contribution in [0.25, 0.3) is 0 Å². The van der Waals surface area contributed by atoms with Crippen LogP contribution in [0, 0.1) is 5.92 Å². The minimum atomic E-state index is -0.0416. The Labute approximate surface area is 206 Å². The molecule has 2 aromatic rings. The van der Waals surface area contributed by atoms with Crippen LogP contribution in [0.15, 0.2) is 30.3 Å². The van der Waals surface area contributed by atoms with Crippen LogP contribution >= 0.6 is 11.3 Å². The summed E-state index contributed by atoms with van der Waals surface area (Å²) in [6, 6.07) is 11.0. The van der Waals surface area contributed by atoms with Gasteiger partial charge in [0.05, 0.1) is 5.92 Å². The van der Waals surface area contributed by atoms with Crippen molar-refractivity contribution in [2.45, 2.75) is 58.5 Å². The van der Waals surface area contributed by atoms with Crippen LogP contribution in [0.3, 0.4) is 0 Å². The highest BCUT2D eigenvalue weighted by atomic mass is 32.1. The number of carbonyl (C=O) groups is 2. The summed E-state index contributed by atoms with van der Waals surface area (Å²) in [6.45, 7) is 9.25. The number of benzene rings is 1. The molecule has 3 heterocycles. The van der Waals surface area contributed by atoms with Crippen molar-refractivity contribution in [1.82, 2.24) is 20.4 Å². The Kier molecular flexibility index (Phi) is 8.50. The average molecular weight is 485 g/mol. The van der Waals surface area contributed by atoms with E-state index in [0.717, 1.165) is 57.0 Å². The minimum absolute atomic E-state index is 0.0416. The van der Waals surface area contributed by atoms with E-state index < -0.39 is 0 Å². The second kappa shape index (κ2) is 11.8. The van der Waals surface area contributed by atoms with Crippen molar-refractivity contribution in [3.05, 3.63) is 35.9 Å². The molecular weight excluding hydrogens is 448 g/mol. The van der Waals surface area contributed by atoms with Gasteiger partial charge < -0.3 is 10.2 Å². The van der Waals surface area contributed by atoms with Crippen molar-refractivity contribution >= 4 is 33.4 Å². The lowest BCUT2D eigenvalue weighted by Crippen LogP contribution is -2.43. The summed E-state index contributed by atoms with van der Waals surface area (Å²) in [5, 5.41) is 13.2. The predicted molar refractivity (Wildman–Crippen MR) is 136 cm³/mol. The molecule has 0 radical (unpaired) electrons. The van der Waals surface area contributed by atoms with Gasteiger partial charge in [0.2, 0.25) is 22.1 Å². The smallest absolute Gasteiger partial charge is 0.228 e. The van der Waals surface area contributed by atoms with Gasteiger partial charge in [-0.1, -0.05) is 41.7 Å². The van der Waals surface area contributed by atoms with E-state index in [4.69, 9.17) is 0 Å². The Morgan fingerprint density at radius 2 is 1.97 bits per heavy atom. The first-order chi connectivity index (χ1) is 16.5. The van der Waals surface area contributed by atoms with E-state index in [1.54, 1.807) is 4.90 Å². The summed E-state index contributed by atoms with van der Waals surface area (Å²) in [4.78, 5) is 31.2. The number of hydrogen-bond donors (Lipinski definition) is 1. The third kappa shape index (κ3) is 6.33. The maximum absolute atomic E-state index is 12.9. The van der Waals surface area contributed by atoms with E-state index in [0.29, 0.717) is 30.7 Å². The highest BCUT2D eigenvalue weighted by Gasteiger charge is 2.30. The van der Waals surface area contributed by atoms with E-state index in [9.17, 15) is 9.59 Å². The molecule has 1 aromatic heterocycles. The van der Waals surface area contributed by atoms with Gasteiger partial charge in [0.15, 0.2) is 0 Å². The summed E-state index contributed by atoms with van der Waals surface area (Å²) in [5.74, 6) is 0.210. The second-order valence-corrected chi connectivity index (χ2v) is 10.4. The van der Waals surface area contributed by atoms with Gasteiger partial charge in [-0.05, 0) is 45.1 Å². The summed E-state index contributed by atoms with van der Waals surface area (Å²) in [7, 11) is 0. The van der Waals surface area contributed by atoms with Gasteiger partial charge in [0, 0.05) is 51.7 Å². The molecule has 1 atom stereocenters.